The first-order valence-corrected chi connectivity index (χ1v) is 8.63. The van der Waals surface area contributed by atoms with Crippen LogP contribution >= 0.6 is 12.4 Å². The lowest BCUT2D eigenvalue weighted by molar-refractivity contribution is -0.134. The van der Waals surface area contributed by atoms with Gasteiger partial charge in [0.25, 0.3) is 0 Å². The molecule has 0 saturated heterocycles. The number of benzene rings is 1. The number of fused-ring (bicyclic) bond motifs is 1. The summed E-state index contributed by atoms with van der Waals surface area (Å²) in [5, 5.41) is 1.08. The summed E-state index contributed by atoms with van der Waals surface area (Å²) in [6, 6.07) is 10.1. The molecule has 5 heteroatoms. The number of halogens is 1. The van der Waals surface area contributed by atoms with Gasteiger partial charge in [0.2, 0.25) is 5.91 Å². The second-order valence-electron chi connectivity index (χ2n) is 6.60. The molecule has 1 saturated carbocycles. The minimum Gasteiger partial charge on any atom is -0.459 e. The highest BCUT2D eigenvalue weighted by Gasteiger charge is 2.30. The molecule has 1 aromatic heterocycles. The Labute approximate surface area is 149 Å². The fourth-order valence-corrected chi connectivity index (χ4v) is 3.69. The van der Waals surface area contributed by atoms with Crippen molar-refractivity contribution in [1.82, 2.24) is 4.90 Å². The van der Waals surface area contributed by atoms with Crippen molar-refractivity contribution >= 4 is 29.3 Å². The summed E-state index contributed by atoms with van der Waals surface area (Å²) in [6.45, 7) is 4.73. The molecule has 2 N–H and O–H groups in total. The molecule has 0 aliphatic heterocycles. The Hall–Kier alpha value is -1.52. The maximum Gasteiger partial charge on any atom is 0.223 e. The molecular formula is C19H27ClN2O2. The molecule has 1 aliphatic rings. The van der Waals surface area contributed by atoms with Crippen LogP contribution in [0.5, 0.6) is 0 Å². The van der Waals surface area contributed by atoms with Crippen LogP contribution in [-0.2, 0) is 4.79 Å². The van der Waals surface area contributed by atoms with E-state index in [4.69, 9.17) is 10.2 Å². The zero-order valence-electron chi connectivity index (χ0n) is 14.4. The van der Waals surface area contributed by atoms with Crippen molar-refractivity contribution in [3.63, 3.8) is 0 Å². The van der Waals surface area contributed by atoms with E-state index in [1.54, 1.807) is 0 Å². The number of hydrogen-bond donors (Lipinski definition) is 1. The molecule has 1 aromatic carbocycles. The number of nitrogens with two attached hydrogens (primary N) is 1. The maximum absolute atomic E-state index is 12.7. The number of furan rings is 1. The molecule has 1 amide bonds. The van der Waals surface area contributed by atoms with Gasteiger partial charge in [-0.1, -0.05) is 24.6 Å². The first kappa shape index (κ1) is 18.8. The molecule has 0 radical (unpaired) electrons. The van der Waals surface area contributed by atoms with Crippen molar-refractivity contribution in [2.75, 3.05) is 6.54 Å². The lowest BCUT2D eigenvalue weighted by atomic mass is 9.99. The highest BCUT2D eigenvalue weighted by molar-refractivity contribution is 5.85. The third kappa shape index (κ3) is 3.76. The average Bonchev–Trinajstić information content (AvgIpc) is 3.14. The highest BCUT2D eigenvalue weighted by Crippen LogP contribution is 2.31. The molecule has 4 nitrogen and oxygen atoms in total. The number of para-hydroxylation sites is 1. The van der Waals surface area contributed by atoms with Crippen LogP contribution in [0, 0.1) is 5.92 Å². The van der Waals surface area contributed by atoms with Crippen LogP contribution in [0.3, 0.4) is 0 Å². The van der Waals surface area contributed by atoms with Gasteiger partial charge in [-0.05, 0) is 44.7 Å². The first-order valence-electron chi connectivity index (χ1n) is 8.63. The van der Waals surface area contributed by atoms with E-state index >= 15 is 0 Å². The second kappa shape index (κ2) is 8.04. The third-order valence-corrected chi connectivity index (χ3v) is 5.14. The molecule has 3 atom stereocenters. The monoisotopic (exact) mass is 350 g/mol. The number of rotatable bonds is 5. The topological polar surface area (TPSA) is 59.5 Å². The van der Waals surface area contributed by atoms with E-state index in [1.165, 1.54) is 0 Å². The van der Waals surface area contributed by atoms with Crippen LogP contribution in [0.2, 0.25) is 0 Å². The van der Waals surface area contributed by atoms with Crippen LogP contribution in [0.1, 0.15) is 51.3 Å². The van der Waals surface area contributed by atoms with Crippen LogP contribution in [0.4, 0.5) is 0 Å². The zero-order valence-corrected chi connectivity index (χ0v) is 15.2. The molecule has 24 heavy (non-hydrogen) atoms. The predicted octanol–water partition coefficient (Wildman–Crippen LogP) is 4.28. The van der Waals surface area contributed by atoms with Crippen molar-refractivity contribution in [1.29, 1.82) is 0 Å². The lowest BCUT2D eigenvalue weighted by Crippen LogP contribution is -2.36. The van der Waals surface area contributed by atoms with Crippen molar-refractivity contribution in [3.05, 3.63) is 36.1 Å². The van der Waals surface area contributed by atoms with Crippen molar-refractivity contribution in [3.8, 4) is 0 Å². The first-order chi connectivity index (χ1) is 11.1. The highest BCUT2D eigenvalue weighted by atomic mass is 35.5. The van der Waals surface area contributed by atoms with Crippen LogP contribution in [-0.4, -0.2) is 23.4 Å². The summed E-state index contributed by atoms with van der Waals surface area (Å²) in [7, 11) is 0. The molecule has 1 unspecified atom stereocenters. The Balaban J connectivity index is 0.00000208. The average molecular weight is 351 g/mol. The van der Waals surface area contributed by atoms with E-state index in [0.717, 1.165) is 36.0 Å². The minimum absolute atomic E-state index is 0. The number of carbonyl (C=O) groups is 1. The normalized spacial score (nSPS) is 21.5. The Morgan fingerprint density at radius 1 is 1.38 bits per heavy atom. The van der Waals surface area contributed by atoms with Crippen LogP contribution in [0.15, 0.2) is 34.7 Å². The van der Waals surface area contributed by atoms with Crippen LogP contribution in [0.25, 0.3) is 11.0 Å². The summed E-state index contributed by atoms with van der Waals surface area (Å²) < 4.78 is 5.94. The van der Waals surface area contributed by atoms with Gasteiger partial charge in [0.1, 0.15) is 11.3 Å². The summed E-state index contributed by atoms with van der Waals surface area (Å²) >= 11 is 0. The molecule has 3 rings (SSSR count). The molecule has 1 aliphatic carbocycles. The standard InChI is InChI=1S/C19H26N2O2.ClH/c1-3-21(19(22)12-14-8-6-9-16(14)20)13(2)18-11-15-7-4-5-10-17(15)23-18;/h4-5,7,10-11,13-14,16H,3,6,8-9,12,20H2,1-2H3;1H/t13?,14-,16+;/m0./s1. The van der Waals surface area contributed by atoms with E-state index in [-0.39, 0.29) is 30.4 Å². The van der Waals surface area contributed by atoms with E-state index in [2.05, 4.69) is 0 Å². The summed E-state index contributed by atoms with van der Waals surface area (Å²) in [4.78, 5) is 14.6. The molecule has 132 valence electrons. The van der Waals surface area contributed by atoms with Crippen molar-refractivity contribution < 1.29 is 9.21 Å². The molecule has 0 bridgehead atoms. The van der Waals surface area contributed by atoms with E-state index < -0.39 is 0 Å². The summed E-state index contributed by atoms with van der Waals surface area (Å²) in [5.74, 6) is 1.36. The Bertz CT molecular complexity index is 652. The van der Waals surface area contributed by atoms with Gasteiger partial charge in [0, 0.05) is 24.4 Å². The Kier molecular flexibility index (Phi) is 6.30. The number of hydrogen-bond acceptors (Lipinski definition) is 3. The van der Waals surface area contributed by atoms with E-state index in [1.807, 2.05) is 49.1 Å². The van der Waals surface area contributed by atoms with Gasteiger partial charge in [-0.3, -0.25) is 4.79 Å². The van der Waals surface area contributed by atoms with Gasteiger partial charge in [-0.15, -0.1) is 12.4 Å². The molecule has 0 spiro atoms. The fourth-order valence-electron chi connectivity index (χ4n) is 3.69. The summed E-state index contributed by atoms with van der Waals surface area (Å²) in [5.41, 5.74) is 6.99. The number of carbonyl (C=O) groups excluding carboxylic acids is 1. The van der Waals surface area contributed by atoms with E-state index in [0.29, 0.717) is 18.9 Å². The van der Waals surface area contributed by atoms with Gasteiger partial charge in [-0.25, -0.2) is 0 Å². The minimum atomic E-state index is -0.0578. The van der Waals surface area contributed by atoms with E-state index in [9.17, 15) is 4.79 Å². The maximum atomic E-state index is 12.7. The predicted molar refractivity (Wildman–Crippen MR) is 99.2 cm³/mol. The van der Waals surface area contributed by atoms with Crippen molar-refractivity contribution in [2.24, 2.45) is 11.7 Å². The van der Waals surface area contributed by atoms with Gasteiger partial charge in [0.15, 0.2) is 0 Å². The largest absolute Gasteiger partial charge is 0.459 e. The zero-order chi connectivity index (χ0) is 16.4. The number of amides is 1. The molecular weight excluding hydrogens is 324 g/mol. The fraction of sp³-hybridized carbons (Fsp3) is 0.526. The quantitative estimate of drug-likeness (QED) is 0.875. The second-order valence-corrected chi connectivity index (χ2v) is 6.60. The van der Waals surface area contributed by atoms with Gasteiger partial charge < -0.3 is 15.1 Å². The number of nitrogens with zero attached hydrogens (tertiary/aromatic N) is 1. The van der Waals surface area contributed by atoms with Crippen LogP contribution < -0.4 is 5.73 Å². The Morgan fingerprint density at radius 2 is 2.12 bits per heavy atom. The van der Waals surface area contributed by atoms with Crippen molar-refractivity contribution in [2.45, 2.75) is 51.6 Å². The lowest BCUT2D eigenvalue weighted by Gasteiger charge is -2.28. The SMILES string of the molecule is CCN(C(=O)C[C@@H]1CCC[C@H]1N)C(C)c1cc2ccccc2o1.Cl. The smallest absolute Gasteiger partial charge is 0.223 e. The Morgan fingerprint density at radius 3 is 2.75 bits per heavy atom. The molecule has 1 fully saturated rings. The third-order valence-electron chi connectivity index (χ3n) is 5.14. The summed E-state index contributed by atoms with van der Waals surface area (Å²) in [6.07, 6.45) is 3.82. The van der Waals surface area contributed by atoms with Gasteiger partial charge in [0.05, 0.1) is 6.04 Å². The molecule has 1 heterocycles. The van der Waals surface area contributed by atoms with Gasteiger partial charge in [-0.2, -0.15) is 0 Å². The van der Waals surface area contributed by atoms with Gasteiger partial charge >= 0.3 is 0 Å². The molecule has 2 aromatic rings.